The van der Waals surface area contributed by atoms with E-state index in [4.69, 9.17) is 9.72 Å². The van der Waals surface area contributed by atoms with E-state index in [1.165, 1.54) is 12.1 Å². The van der Waals surface area contributed by atoms with Gasteiger partial charge in [-0.05, 0) is 43.5 Å². The van der Waals surface area contributed by atoms with Crippen LogP contribution in [-0.2, 0) is 14.3 Å². The molecule has 1 atom stereocenters. The van der Waals surface area contributed by atoms with Gasteiger partial charge in [0.1, 0.15) is 11.8 Å². The van der Waals surface area contributed by atoms with E-state index in [2.05, 4.69) is 0 Å². The zero-order valence-corrected chi connectivity index (χ0v) is 19.0. The van der Waals surface area contributed by atoms with E-state index in [9.17, 15) is 19.1 Å². The standard InChI is InChI=1S/C28H26FNO4/c1-2-34-26(33)16-18(17-31)15-22(32)13-14-24-27(19-9-11-21(29)12-10-19)23-5-3-4-6-25(23)30-28(24)20-7-8-20/h3-6,9-14,20,22,32H,2,7-8,15-16H2,1H3/b14-13+. The van der Waals surface area contributed by atoms with Gasteiger partial charge in [-0.1, -0.05) is 42.5 Å². The maximum absolute atomic E-state index is 13.7. The third kappa shape index (κ3) is 5.48. The number of hydrogen-bond acceptors (Lipinski definition) is 5. The number of hydrogen-bond donors (Lipinski definition) is 1. The summed E-state index contributed by atoms with van der Waals surface area (Å²) in [5.41, 5.74) is 4.60. The number of aromatic nitrogens is 1. The number of aliphatic hydroxyl groups excluding tert-OH is 1. The summed E-state index contributed by atoms with van der Waals surface area (Å²) in [6.07, 6.45) is 4.28. The van der Waals surface area contributed by atoms with Crippen LogP contribution in [0.15, 0.2) is 60.2 Å². The number of carbonyl (C=O) groups excluding carboxylic acids is 2. The van der Waals surface area contributed by atoms with Crippen molar-refractivity contribution in [2.45, 2.75) is 44.6 Å². The number of para-hydroxylation sites is 1. The molecular weight excluding hydrogens is 433 g/mol. The molecule has 4 rings (SSSR count). The summed E-state index contributed by atoms with van der Waals surface area (Å²) < 4.78 is 18.5. The number of benzene rings is 2. The Morgan fingerprint density at radius 2 is 1.97 bits per heavy atom. The fourth-order valence-electron chi connectivity index (χ4n) is 4.07. The number of rotatable bonds is 9. The summed E-state index contributed by atoms with van der Waals surface area (Å²) in [6, 6.07) is 14.2. The molecular formula is C28H26FNO4. The number of nitrogens with zero attached hydrogens (tertiary/aromatic N) is 1. The first-order valence-corrected chi connectivity index (χ1v) is 11.4. The summed E-state index contributed by atoms with van der Waals surface area (Å²) in [5, 5.41) is 11.5. The highest BCUT2D eigenvalue weighted by Gasteiger charge is 2.29. The minimum absolute atomic E-state index is 0.0233. The van der Waals surface area contributed by atoms with Crippen LogP contribution in [0.3, 0.4) is 0 Å². The van der Waals surface area contributed by atoms with Crippen LogP contribution in [0.25, 0.3) is 28.1 Å². The lowest BCUT2D eigenvalue weighted by Gasteiger charge is -2.16. The number of aliphatic hydroxyl groups is 1. The highest BCUT2D eigenvalue weighted by atomic mass is 19.1. The zero-order valence-electron chi connectivity index (χ0n) is 19.0. The largest absolute Gasteiger partial charge is 0.466 e. The van der Waals surface area contributed by atoms with Crippen LogP contribution in [0.2, 0.25) is 0 Å². The Labute approximate surface area is 197 Å². The van der Waals surface area contributed by atoms with Gasteiger partial charge in [-0.15, -0.1) is 0 Å². The molecule has 1 aromatic heterocycles. The van der Waals surface area contributed by atoms with Crippen molar-refractivity contribution < 1.29 is 23.8 Å². The van der Waals surface area contributed by atoms with E-state index in [0.29, 0.717) is 5.92 Å². The molecule has 1 unspecified atom stereocenters. The summed E-state index contributed by atoms with van der Waals surface area (Å²) in [7, 11) is 0. The molecule has 1 N–H and O–H groups in total. The Bertz CT molecular complexity index is 1270. The molecule has 1 aliphatic carbocycles. The van der Waals surface area contributed by atoms with E-state index in [0.717, 1.165) is 46.1 Å². The van der Waals surface area contributed by atoms with Crippen LogP contribution in [-0.4, -0.2) is 34.7 Å². The third-order valence-corrected chi connectivity index (χ3v) is 5.80. The van der Waals surface area contributed by atoms with E-state index < -0.39 is 12.1 Å². The van der Waals surface area contributed by atoms with Crippen LogP contribution >= 0.6 is 0 Å². The number of halogens is 1. The van der Waals surface area contributed by atoms with E-state index in [-0.39, 0.29) is 30.8 Å². The Morgan fingerprint density at radius 1 is 1.24 bits per heavy atom. The third-order valence-electron chi connectivity index (χ3n) is 5.80. The van der Waals surface area contributed by atoms with Gasteiger partial charge in [-0.3, -0.25) is 9.78 Å². The SMILES string of the molecule is CCOC(=O)CC(=C=O)CC(O)/C=C/c1c(C2CC2)nc2ccccc2c1-c1ccc(F)cc1. The minimum atomic E-state index is -0.995. The number of esters is 1. The first-order chi connectivity index (χ1) is 16.5. The minimum Gasteiger partial charge on any atom is -0.466 e. The van der Waals surface area contributed by atoms with Crippen LogP contribution < -0.4 is 0 Å². The lowest BCUT2D eigenvalue weighted by molar-refractivity contribution is -0.142. The molecule has 34 heavy (non-hydrogen) atoms. The fourth-order valence-corrected chi connectivity index (χ4v) is 4.07. The second-order valence-electron chi connectivity index (χ2n) is 8.40. The van der Waals surface area contributed by atoms with Gasteiger partial charge in [-0.25, -0.2) is 9.18 Å². The number of fused-ring (bicyclic) bond motifs is 1. The maximum atomic E-state index is 13.7. The second-order valence-corrected chi connectivity index (χ2v) is 8.40. The van der Waals surface area contributed by atoms with Gasteiger partial charge < -0.3 is 9.84 Å². The normalized spacial score (nSPS) is 14.2. The maximum Gasteiger partial charge on any atom is 0.310 e. The monoisotopic (exact) mass is 459 g/mol. The number of pyridine rings is 1. The highest BCUT2D eigenvalue weighted by molar-refractivity contribution is 5.99. The second kappa shape index (κ2) is 10.6. The van der Waals surface area contributed by atoms with Gasteiger partial charge in [0.25, 0.3) is 0 Å². The Hall–Kier alpha value is -3.60. The molecule has 174 valence electrons. The molecule has 0 aliphatic heterocycles. The smallest absolute Gasteiger partial charge is 0.310 e. The molecule has 1 fully saturated rings. The van der Waals surface area contributed by atoms with Crippen LogP contribution in [0.4, 0.5) is 4.39 Å². The molecule has 0 bridgehead atoms. The van der Waals surface area contributed by atoms with E-state index >= 15 is 0 Å². The summed E-state index contributed by atoms with van der Waals surface area (Å²) in [4.78, 5) is 27.9. The molecule has 2 aromatic carbocycles. The molecule has 3 aromatic rings. The van der Waals surface area contributed by atoms with Crippen LogP contribution in [0.1, 0.15) is 49.8 Å². The molecule has 1 heterocycles. The molecule has 0 saturated heterocycles. The quantitative estimate of drug-likeness (QED) is 0.343. The molecule has 1 saturated carbocycles. The first-order valence-electron chi connectivity index (χ1n) is 11.4. The van der Waals surface area contributed by atoms with Gasteiger partial charge in [0.2, 0.25) is 0 Å². The number of carbonyl (C=O) groups is 1. The Kier molecular flexibility index (Phi) is 7.31. The summed E-state index contributed by atoms with van der Waals surface area (Å²) in [5.74, 6) is 1.24. The van der Waals surface area contributed by atoms with Crippen molar-refractivity contribution in [2.75, 3.05) is 6.61 Å². The molecule has 0 amide bonds. The highest BCUT2D eigenvalue weighted by Crippen LogP contribution is 2.45. The van der Waals surface area contributed by atoms with Gasteiger partial charge >= 0.3 is 5.97 Å². The average Bonchev–Trinajstić information content (AvgIpc) is 3.68. The molecule has 1 aliphatic rings. The molecule has 6 heteroatoms. The Morgan fingerprint density at radius 3 is 2.65 bits per heavy atom. The van der Waals surface area contributed by atoms with Crippen LogP contribution in [0, 0.1) is 5.82 Å². The van der Waals surface area contributed by atoms with Crippen molar-refractivity contribution in [3.05, 3.63) is 77.3 Å². The predicted molar refractivity (Wildman–Crippen MR) is 129 cm³/mol. The topological polar surface area (TPSA) is 76.5 Å². The van der Waals surface area contributed by atoms with E-state index in [1.807, 2.05) is 30.3 Å². The summed E-state index contributed by atoms with van der Waals surface area (Å²) in [6.45, 7) is 1.91. The summed E-state index contributed by atoms with van der Waals surface area (Å²) >= 11 is 0. The molecule has 5 nitrogen and oxygen atoms in total. The zero-order chi connectivity index (χ0) is 24.1. The predicted octanol–water partition coefficient (Wildman–Crippen LogP) is 5.39. The molecule has 0 spiro atoms. The van der Waals surface area contributed by atoms with Crippen molar-refractivity contribution in [2.24, 2.45) is 0 Å². The van der Waals surface area contributed by atoms with Gasteiger partial charge in [0.15, 0.2) is 0 Å². The fraction of sp³-hybridized carbons (Fsp3) is 0.286. The van der Waals surface area contributed by atoms with Crippen molar-refractivity contribution in [3.63, 3.8) is 0 Å². The van der Waals surface area contributed by atoms with Gasteiger partial charge in [0, 0.05) is 34.4 Å². The van der Waals surface area contributed by atoms with Gasteiger partial charge in [-0.2, -0.15) is 0 Å². The average molecular weight is 460 g/mol. The van der Waals surface area contributed by atoms with Crippen molar-refractivity contribution in [1.29, 1.82) is 0 Å². The van der Waals surface area contributed by atoms with E-state index in [1.54, 1.807) is 31.1 Å². The van der Waals surface area contributed by atoms with Crippen molar-refractivity contribution in [3.8, 4) is 11.1 Å². The Balaban J connectivity index is 1.72. The lowest BCUT2D eigenvalue weighted by atomic mass is 9.92. The number of ether oxygens (including phenoxy) is 1. The van der Waals surface area contributed by atoms with Crippen molar-refractivity contribution in [1.82, 2.24) is 4.98 Å². The van der Waals surface area contributed by atoms with Crippen molar-refractivity contribution >= 4 is 28.9 Å². The first kappa shape index (κ1) is 23.6. The van der Waals surface area contributed by atoms with Crippen LogP contribution in [0.5, 0.6) is 0 Å². The molecule has 0 radical (unpaired) electrons. The lowest BCUT2D eigenvalue weighted by Crippen LogP contribution is -2.10. The van der Waals surface area contributed by atoms with Gasteiger partial charge in [0.05, 0.1) is 30.3 Å².